The fraction of sp³-hybridized carbons (Fsp3) is 0.333. The van der Waals surface area contributed by atoms with Gasteiger partial charge in [0.25, 0.3) is 0 Å². The Labute approximate surface area is 185 Å². The van der Waals surface area contributed by atoms with Gasteiger partial charge in [0.15, 0.2) is 0 Å². The van der Waals surface area contributed by atoms with Crippen LogP contribution in [-0.2, 0) is 24.4 Å². The second-order valence-corrected chi connectivity index (χ2v) is 9.49. The maximum absolute atomic E-state index is 12.7. The van der Waals surface area contributed by atoms with E-state index in [-0.39, 0.29) is 17.2 Å². The van der Waals surface area contributed by atoms with E-state index in [0.29, 0.717) is 31.7 Å². The maximum Gasteiger partial charge on any atom is 0.416 e. The second-order valence-electron chi connectivity index (χ2n) is 7.33. The van der Waals surface area contributed by atoms with E-state index in [4.69, 9.17) is 0 Å². The number of aromatic nitrogens is 1. The number of amides is 1. The number of hydrogen-bond donors (Lipinski definition) is 0. The van der Waals surface area contributed by atoms with E-state index in [1.165, 1.54) is 23.5 Å². The zero-order valence-electron chi connectivity index (χ0n) is 16.7. The number of hydrogen-bond acceptors (Lipinski definition) is 5. The molecule has 1 amide bonds. The fourth-order valence-corrected chi connectivity index (χ4v) is 5.38. The molecule has 0 spiro atoms. The second kappa shape index (κ2) is 8.68. The van der Waals surface area contributed by atoms with Crippen LogP contribution >= 0.6 is 23.3 Å². The molecule has 0 bridgehead atoms. The molecule has 1 aliphatic heterocycles. The normalized spacial score (nSPS) is 15.5. The van der Waals surface area contributed by atoms with Crippen molar-refractivity contribution < 1.29 is 18.0 Å². The van der Waals surface area contributed by atoms with Crippen molar-refractivity contribution in [1.29, 1.82) is 0 Å². The summed E-state index contributed by atoms with van der Waals surface area (Å²) < 4.78 is 42.8. The van der Waals surface area contributed by atoms with Crippen LogP contribution in [0.2, 0.25) is 0 Å². The third-order valence-electron chi connectivity index (χ3n) is 5.23. The largest absolute Gasteiger partial charge is 0.416 e. The SMILES string of the molecule is Cn1c(=O)sc2cc(SN3CCN(C(=O)Cc4ccc(C(F)(F)F)cc4)CC3)ccc21. The van der Waals surface area contributed by atoms with Crippen LogP contribution in [0.15, 0.2) is 52.2 Å². The van der Waals surface area contributed by atoms with Crippen molar-refractivity contribution in [2.45, 2.75) is 17.5 Å². The lowest BCUT2D eigenvalue weighted by atomic mass is 10.1. The van der Waals surface area contributed by atoms with E-state index >= 15 is 0 Å². The van der Waals surface area contributed by atoms with Crippen molar-refractivity contribution in [2.24, 2.45) is 7.05 Å². The summed E-state index contributed by atoms with van der Waals surface area (Å²) in [6.07, 6.45) is -4.28. The molecule has 0 radical (unpaired) electrons. The number of alkyl halides is 3. The van der Waals surface area contributed by atoms with Gasteiger partial charge in [-0.3, -0.25) is 9.59 Å². The molecule has 1 saturated heterocycles. The number of thiazole rings is 1. The molecule has 1 fully saturated rings. The molecule has 0 unspecified atom stereocenters. The van der Waals surface area contributed by atoms with Crippen LogP contribution in [0.4, 0.5) is 13.2 Å². The van der Waals surface area contributed by atoms with Crippen LogP contribution in [0.5, 0.6) is 0 Å². The number of rotatable bonds is 4. The van der Waals surface area contributed by atoms with Gasteiger partial charge in [0, 0.05) is 38.1 Å². The average Bonchev–Trinajstić information content (AvgIpc) is 3.01. The van der Waals surface area contributed by atoms with Crippen LogP contribution in [0, 0.1) is 0 Å². The Morgan fingerprint density at radius 3 is 2.39 bits per heavy atom. The highest BCUT2D eigenvalue weighted by Gasteiger charge is 2.30. The first-order valence-corrected chi connectivity index (χ1v) is 11.3. The van der Waals surface area contributed by atoms with Crippen molar-refractivity contribution in [3.05, 3.63) is 63.3 Å². The first-order valence-electron chi connectivity index (χ1n) is 9.67. The molecule has 0 saturated carbocycles. The van der Waals surface area contributed by atoms with Gasteiger partial charge in [0.05, 0.1) is 22.2 Å². The lowest BCUT2D eigenvalue weighted by Crippen LogP contribution is -2.46. The van der Waals surface area contributed by atoms with E-state index in [2.05, 4.69) is 4.31 Å². The highest BCUT2D eigenvalue weighted by molar-refractivity contribution is 7.97. The van der Waals surface area contributed by atoms with Crippen molar-refractivity contribution in [3.63, 3.8) is 0 Å². The summed E-state index contributed by atoms with van der Waals surface area (Å²) in [6.45, 7) is 2.50. The monoisotopic (exact) mass is 467 g/mol. The zero-order valence-corrected chi connectivity index (χ0v) is 18.3. The summed E-state index contributed by atoms with van der Waals surface area (Å²) >= 11 is 2.82. The zero-order chi connectivity index (χ0) is 22.2. The van der Waals surface area contributed by atoms with Gasteiger partial charge in [-0.2, -0.15) is 13.2 Å². The summed E-state index contributed by atoms with van der Waals surface area (Å²) in [7, 11) is 1.76. The highest BCUT2D eigenvalue weighted by atomic mass is 32.2. The molecule has 31 heavy (non-hydrogen) atoms. The van der Waals surface area contributed by atoms with Gasteiger partial charge < -0.3 is 9.47 Å². The molecule has 10 heteroatoms. The molecule has 1 aliphatic rings. The number of halogens is 3. The number of nitrogens with zero attached hydrogens (tertiary/aromatic N) is 3. The molecule has 164 valence electrons. The van der Waals surface area contributed by atoms with Gasteiger partial charge in [-0.1, -0.05) is 23.5 Å². The van der Waals surface area contributed by atoms with Gasteiger partial charge in [-0.15, -0.1) is 0 Å². The minimum absolute atomic E-state index is 0.0114. The topological polar surface area (TPSA) is 45.6 Å². The van der Waals surface area contributed by atoms with Crippen LogP contribution in [0.25, 0.3) is 10.2 Å². The molecule has 2 heterocycles. The van der Waals surface area contributed by atoms with Crippen molar-refractivity contribution in [3.8, 4) is 0 Å². The Bertz CT molecular complexity index is 1150. The van der Waals surface area contributed by atoms with E-state index < -0.39 is 11.7 Å². The number of aryl methyl sites for hydroxylation is 1. The van der Waals surface area contributed by atoms with E-state index in [0.717, 1.165) is 27.2 Å². The summed E-state index contributed by atoms with van der Waals surface area (Å²) in [6, 6.07) is 10.7. The van der Waals surface area contributed by atoms with E-state index in [1.54, 1.807) is 28.5 Å². The molecule has 0 N–H and O–H groups in total. The highest BCUT2D eigenvalue weighted by Crippen LogP contribution is 2.30. The summed E-state index contributed by atoms with van der Waals surface area (Å²) in [5.74, 6) is -0.0834. The molecule has 0 atom stereocenters. The van der Waals surface area contributed by atoms with Gasteiger partial charge in [0.1, 0.15) is 0 Å². The Morgan fingerprint density at radius 2 is 1.74 bits per heavy atom. The number of fused-ring (bicyclic) bond motifs is 1. The predicted octanol–water partition coefficient (Wildman–Crippen LogP) is 4.01. The quantitative estimate of drug-likeness (QED) is 0.544. The van der Waals surface area contributed by atoms with E-state index in [9.17, 15) is 22.8 Å². The lowest BCUT2D eigenvalue weighted by molar-refractivity contribution is -0.137. The molecule has 4 rings (SSSR count). The molecule has 5 nitrogen and oxygen atoms in total. The predicted molar refractivity (Wildman–Crippen MR) is 116 cm³/mol. The first-order chi connectivity index (χ1) is 14.7. The van der Waals surface area contributed by atoms with E-state index in [1.807, 2.05) is 18.2 Å². The minimum Gasteiger partial charge on any atom is -0.340 e. The van der Waals surface area contributed by atoms with Crippen LogP contribution in [-0.4, -0.2) is 45.9 Å². The minimum atomic E-state index is -4.38. The van der Waals surface area contributed by atoms with Crippen LogP contribution < -0.4 is 4.87 Å². The van der Waals surface area contributed by atoms with Gasteiger partial charge in [-0.25, -0.2) is 4.31 Å². The molecular weight excluding hydrogens is 447 g/mol. The smallest absolute Gasteiger partial charge is 0.340 e. The van der Waals surface area contributed by atoms with Crippen LogP contribution in [0.1, 0.15) is 11.1 Å². The van der Waals surface area contributed by atoms with Gasteiger partial charge in [0.2, 0.25) is 5.91 Å². The number of benzene rings is 2. The Morgan fingerprint density at radius 1 is 1.06 bits per heavy atom. The van der Waals surface area contributed by atoms with Crippen LogP contribution in [0.3, 0.4) is 0 Å². The number of carbonyl (C=O) groups is 1. The van der Waals surface area contributed by atoms with Crippen molar-refractivity contribution in [2.75, 3.05) is 26.2 Å². The lowest BCUT2D eigenvalue weighted by Gasteiger charge is -2.34. The molecule has 0 aliphatic carbocycles. The van der Waals surface area contributed by atoms with Gasteiger partial charge in [-0.05, 0) is 47.8 Å². The Hall–Kier alpha value is -2.30. The fourth-order valence-electron chi connectivity index (χ4n) is 3.45. The third kappa shape index (κ3) is 4.97. The van der Waals surface area contributed by atoms with Crippen molar-refractivity contribution >= 4 is 39.4 Å². The summed E-state index contributed by atoms with van der Waals surface area (Å²) in [5.41, 5.74) is 0.776. The standard InChI is InChI=1S/C21H20F3N3O2S2/c1-25-17-7-6-16(13-18(17)30-20(25)29)31-27-10-8-26(9-11-27)19(28)12-14-2-4-15(5-3-14)21(22,23)24/h2-7,13H,8-12H2,1H3. The molecular formula is C21H20F3N3O2S2. The van der Waals surface area contributed by atoms with Crippen molar-refractivity contribution in [1.82, 2.24) is 13.8 Å². The third-order valence-corrected chi connectivity index (χ3v) is 7.31. The molecule has 3 aromatic rings. The average molecular weight is 468 g/mol. The summed E-state index contributed by atoms with van der Waals surface area (Å²) in [4.78, 5) is 27.2. The summed E-state index contributed by atoms with van der Waals surface area (Å²) in [5, 5.41) is 0. The first kappa shape index (κ1) is 21.9. The Balaban J connectivity index is 1.31. The number of carbonyl (C=O) groups excluding carboxylic acids is 1. The van der Waals surface area contributed by atoms with Gasteiger partial charge >= 0.3 is 11.0 Å². The number of piperazine rings is 1. The molecule has 2 aromatic carbocycles. The Kier molecular flexibility index (Phi) is 6.14. The molecule has 1 aromatic heterocycles. The maximum atomic E-state index is 12.7.